The Balaban J connectivity index is 1.49. The van der Waals surface area contributed by atoms with E-state index in [1.165, 1.54) is 0 Å². The lowest BCUT2D eigenvalue weighted by molar-refractivity contribution is -0.0562. The minimum absolute atomic E-state index is 0.305. The summed E-state index contributed by atoms with van der Waals surface area (Å²) in [6, 6.07) is 0.522. The summed E-state index contributed by atoms with van der Waals surface area (Å²) in [7, 11) is 0. The third-order valence-corrected chi connectivity index (χ3v) is 4.43. The number of hydrogen-bond donors (Lipinski definition) is 1. The largest absolute Gasteiger partial charge is 0.396 e. The van der Waals surface area contributed by atoms with Gasteiger partial charge in [-0.05, 0) is 25.2 Å². The molecule has 1 saturated carbocycles. The zero-order chi connectivity index (χ0) is 13.1. The molecule has 5 nitrogen and oxygen atoms in total. The highest BCUT2D eigenvalue weighted by Crippen LogP contribution is 2.33. The summed E-state index contributed by atoms with van der Waals surface area (Å²) >= 11 is 0. The van der Waals surface area contributed by atoms with Crippen LogP contribution in [0.15, 0.2) is 18.7 Å². The summed E-state index contributed by atoms with van der Waals surface area (Å²) < 4.78 is 7.98. The maximum atomic E-state index is 9.32. The van der Waals surface area contributed by atoms with Crippen molar-refractivity contribution in [3.63, 3.8) is 0 Å². The Hall–Kier alpha value is -0.910. The van der Waals surface area contributed by atoms with E-state index in [1.54, 1.807) is 0 Å². The predicted octanol–water partition coefficient (Wildman–Crippen LogP) is 0.745. The second-order valence-corrected chi connectivity index (χ2v) is 5.69. The molecule has 2 fully saturated rings. The van der Waals surface area contributed by atoms with Gasteiger partial charge in [0, 0.05) is 44.7 Å². The van der Waals surface area contributed by atoms with Gasteiger partial charge in [-0.3, -0.25) is 4.90 Å². The quantitative estimate of drug-likeness (QED) is 0.853. The molecule has 1 aromatic rings. The van der Waals surface area contributed by atoms with Crippen LogP contribution in [0.1, 0.15) is 19.3 Å². The van der Waals surface area contributed by atoms with Crippen molar-refractivity contribution in [2.24, 2.45) is 5.92 Å². The molecule has 19 heavy (non-hydrogen) atoms. The summed E-state index contributed by atoms with van der Waals surface area (Å²) in [5.74, 6) is 0.434. The van der Waals surface area contributed by atoms with Gasteiger partial charge in [-0.2, -0.15) is 0 Å². The van der Waals surface area contributed by atoms with E-state index in [-0.39, 0.29) is 0 Å². The van der Waals surface area contributed by atoms with Gasteiger partial charge in [0.25, 0.3) is 0 Å². The van der Waals surface area contributed by atoms with Crippen LogP contribution in [0.25, 0.3) is 0 Å². The Morgan fingerprint density at radius 3 is 3.05 bits per heavy atom. The standard InChI is InChI=1S/C14H23N3O2/c18-10-12-8-13-14(9-12)19-7-6-17(13)4-1-3-16-5-2-15-11-16/h2,5,11-14,18H,1,3-4,6-10H2/t12-,13+,14+/m1/s1. The molecular formula is C14H23N3O2. The van der Waals surface area contributed by atoms with Crippen molar-refractivity contribution < 1.29 is 9.84 Å². The number of ether oxygens (including phenoxy) is 1. The molecule has 2 heterocycles. The summed E-state index contributed by atoms with van der Waals surface area (Å²) in [6.45, 7) is 4.31. The Bertz CT molecular complexity index is 382. The molecule has 1 N–H and O–H groups in total. The van der Waals surface area contributed by atoms with E-state index in [4.69, 9.17) is 4.74 Å². The van der Waals surface area contributed by atoms with Gasteiger partial charge < -0.3 is 14.4 Å². The Morgan fingerprint density at radius 2 is 2.26 bits per heavy atom. The normalized spacial score (nSPS) is 31.5. The third-order valence-electron chi connectivity index (χ3n) is 4.43. The van der Waals surface area contributed by atoms with E-state index in [0.29, 0.717) is 24.7 Å². The van der Waals surface area contributed by atoms with E-state index in [2.05, 4.69) is 14.5 Å². The van der Waals surface area contributed by atoms with Crippen LogP contribution >= 0.6 is 0 Å². The highest BCUT2D eigenvalue weighted by atomic mass is 16.5. The number of fused-ring (bicyclic) bond motifs is 1. The maximum absolute atomic E-state index is 9.32. The Morgan fingerprint density at radius 1 is 1.32 bits per heavy atom. The molecule has 5 heteroatoms. The molecule has 1 saturated heterocycles. The average molecular weight is 265 g/mol. The number of rotatable bonds is 5. The number of aliphatic hydroxyl groups is 1. The van der Waals surface area contributed by atoms with Crippen LogP contribution in [-0.4, -0.2) is 58.0 Å². The van der Waals surface area contributed by atoms with E-state index >= 15 is 0 Å². The SMILES string of the molecule is OC[C@H]1C[C@@H]2OCCN(CCCn3ccnc3)[C@H]2C1. The van der Waals surface area contributed by atoms with Crippen LogP contribution in [0.2, 0.25) is 0 Å². The molecule has 0 radical (unpaired) electrons. The zero-order valence-corrected chi connectivity index (χ0v) is 11.3. The maximum Gasteiger partial charge on any atom is 0.0945 e. The molecule has 0 unspecified atom stereocenters. The number of hydrogen-bond acceptors (Lipinski definition) is 4. The van der Waals surface area contributed by atoms with E-state index < -0.39 is 0 Å². The fourth-order valence-electron chi connectivity index (χ4n) is 3.43. The van der Waals surface area contributed by atoms with Gasteiger partial charge in [-0.15, -0.1) is 0 Å². The van der Waals surface area contributed by atoms with Gasteiger partial charge in [-0.1, -0.05) is 0 Å². The average Bonchev–Trinajstić information content (AvgIpc) is 3.07. The number of nitrogens with zero attached hydrogens (tertiary/aromatic N) is 3. The van der Waals surface area contributed by atoms with E-state index in [0.717, 1.165) is 45.5 Å². The monoisotopic (exact) mass is 265 g/mol. The molecule has 2 aliphatic rings. The van der Waals surface area contributed by atoms with Gasteiger partial charge in [0.05, 0.1) is 19.0 Å². The number of aliphatic hydroxyl groups excluding tert-OH is 1. The second kappa shape index (κ2) is 6.03. The smallest absolute Gasteiger partial charge is 0.0945 e. The Labute approximate surface area is 114 Å². The first-order valence-electron chi connectivity index (χ1n) is 7.29. The fourth-order valence-corrected chi connectivity index (χ4v) is 3.43. The van der Waals surface area contributed by atoms with Crippen molar-refractivity contribution in [1.29, 1.82) is 0 Å². The first-order valence-corrected chi connectivity index (χ1v) is 7.29. The van der Waals surface area contributed by atoms with Crippen LogP contribution in [0.4, 0.5) is 0 Å². The highest BCUT2D eigenvalue weighted by Gasteiger charge is 2.40. The van der Waals surface area contributed by atoms with Crippen LogP contribution in [-0.2, 0) is 11.3 Å². The lowest BCUT2D eigenvalue weighted by Gasteiger charge is -2.37. The molecule has 0 amide bonds. The van der Waals surface area contributed by atoms with E-state index in [1.807, 2.05) is 18.7 Å². The number of imidazole rings is 1. The van der Waals surface area contributed by atoms with Gasteiger partial charge >= 0.3 is 0 Å². The molecular weight excluding hydrogens is 242 g/mol. The summed E-state index contributed by atoms with van der Waals surface area (Å²) in [5, 5.41) is 9.32. The second-order valence-electron chi connectivity index (χ2n) is 5.69. The zero-order valence-electron chi connectivity index (χ0n) is 11.3. The lowest BCUT2D eigenvalue weighted by atomic mass is 10.1. The summed E-state index contributed by atoms with van der Waals surface area (Å²) in [5.41, 5.74) is 0. The molecule has 3 atom stereocenters. The molecule has 1 aromatic heterocycles. The van der Waals surface area contributed by atoms with Crippen molar-refractivity contribution in [3.05, 3.63) is 18.7 Å². The number of aromatic nitrogens is 2. The minimum atomic E-state index is 0.305. The van der Waals surface area contributed by atoms with Crippen LogP contribution in [0, 0.1) is 5.92 Å². The molecule has 1 aliphatic heterocycles. The lowest BCUT2D eigenvalue weighted by Crippen LogP contribution is -2.48. The van der Waals surface area contributed by atoms with Crippen molar-refractivity contribution >= 4 is 0 Å². The molecule has 106 valence electrons. The molecule has 0 bridgehead atoms. The van der Waals surface area contributed by atoms with Crippen molar-refractivity contribution in [1.82, 2.24) is 14.5 Å². The van der Waals surface area contributed by atoms with Crippen LogP contribution in [0.3, 0.4) is 0 Å². The topological polar surface area (TPSA) is 50.5 Å². The molecule has 0 aromatic carbocycles. The van der Waals surface area contributed by atoms with Gasteiger partial charge in [0.1, 0.15) is 0 Å². The van der Waals surface area contributed by atoms with E-state index in [9.17, 15) is 5.11 Å². The number of morpholine rings is 1. The van der Waals surface area contributed by atoms with Gasteiger partial charge in [0.15, 0.2) is 0 Å². The van der Waals surface area contributed by atoms with Gasteiger partial charge in [0.2, 0.25) is 0 Å². The summed E-state index contributed by atoms with van der Waals surface area (Å²) in [4.78, 5) is 6.62. The fraction of sp³-hybridized carbons (Fsp3) is 0.786. The third kappa shape index (κ3) is 2.99. The molecule has 3 rings (SSSR count). The first-order chi connectivity index (χ1) is 9.36. The summed E-state index contributed by atoms with van der Waals surface area (Å²) in [6.07, 6.45) is 9.32. The van der Waals surface area contributed by atoms with Crippen LogP contribution in [0.5, 0.6) is 0 Å². The van der Waals surface area contributed by atoms with Crippen molar-refractivity contribution in [2.45, 2.75) is 38.0 Å². The molecule has 1 aliphatic carbocycles. The molecule has 0 spiro atoms. The number of aryl methyl sites for hydroxylation is 1. The first kappa shape index (κ1) is 13.1. The van der Waals surface area contributed by atoms with Crippen molar-refractivity contribution in [3.8, 4) is 0 Å². The van der Waals surface area contributed by atoms with Crippen LogP contribution < -0.4 is 0 Å². The predicted molar refractivity (Wildman–Crippen MR) is 71.8 cm³/mol. The highest BCUT2D eigenvalue weighted by molar-refractivity contribution is 4.93. The Kier molecular flexibility index (Phi) is 4.15. The van der Waals surface area contributed by atoms with Crippen molar-refractivity contribution in [2.75, 3.05) is 26.3 Å². The minimum Gasteiger partial charge on any atom is -0.396 e. The van der Waals surface area contributed by atoms with Gasteiger partial charge in [-0.25, -0.2) is 4.98 Å².